The number of carboxylic acid groups (broad SMARTS) is 1. The van der Waals surface area contributed by atoms with Crippen LogP contribution in [0.4, 0.5) is 13.2 Å². The molecule has 1 aliphatic rings. The van der Waals surface area contributed by atoms with E-state index in [0.29, 0.717) is 19.2 Å². The highest BCUT2D eigenvalue weighted by Crippen LogP contribution is 2.17. The first kappa shape index (κ1) is 15.3. The average molecular weight is 302 g/mol. The normalized spacial score (nSPS) is 16.0. The van der Waals surface area contributed by atoms with E-state index >= 15 is 0 Å². The summed E-state index contributed by atoms with van der Waals surface area (Å²) in [5.41, 5.74) is -0.530. The quantitative estimate of drug-likeness (QED) is 0.670. The predicted octanol–water partition coefficient (Wildman–Crippen LogP) is -1.81. The van der Waals surface area contributed by atoms with Gasteiger partial charge in [0.05, 0.1) is 37.7 Å². The van der Waals surface area contributed by atoms with Crippen LogP contribution in [-0.2, 0) is 4.79 Å². The molecule has 0 aliphatic carbocycles. The van der Waals surface area contributed by atoms with E-state index in [1.54, 1.807) is 0 Å². The molecule has 1 aromatic rings. The van der Waals surface area contributed by atoms with Crippen LogP contribution in [-0.4, -0.2) is 49.5 Å². The summed E-state index contributed by atoms with van der Waals surface area (Å²) in [6.45, 7) is 0.983. The predicted molar refractivity (Wildman–Crippen MR) is 62.8 cm³/mol. The Morgan fingerprint density at radius 1 is 1.14 bits per heavy atom. The van der Waals surface area contributed by atoms with E-state index in [1.807, 2.05) is 0 Å². The summed E-state index contributed by atoms with van der Waals surface area (Å²) in [5, 5.41) is 10.5. The van der Waals surface area contributed by atoms with Gasteiger partial charge in [-0.05, 0) is 12.1 Å². The number of nitrogens with one attached hydrogen (secondary N) is 1. The summed E-state index contributed by atoms with van der Waals surface area (Å²) in [4.78, 5) is 24.6. The molecule has 114 valence electrons. The minimum atomic E-state index is -1.68. The number of halogens is 3. The first-order chi connectivity index (χ1) is 9.90. The summed E-state index contributed by atoms with van der Waals surface area (Å²) < 4.78 is 39.5. The fourth-order valence-electron chi connectivity index (χ4n) is 2.27. The molecule has 1 amide bonds. The third-order valence-corrected chi connectivity index (χ3v) is 3.42. The van der Waals surface area contributed by atoms with Gasteiger partial charge in [0.1, 0.15) is 6.54 Å². The van der Waals surface area contributed by atoms with Gasteiger partial charge in [0, 0.05) is 0 Å². The summed E-state index contributed by atoms with van der Waals surface area (Å²) >= 11 is 0. The lowest BCUT2D eigenvalue weighted by Crippen LogP contribution is -3.16. The van der Waals surface area contributed by atoms with E-state index in [2.05, 4.69) is 0 Å². The van der Waals surface area contributed by atoms with Crippen molar-refractivity contribution in [3.63, 3.8) is 0 Å². The number of hydrogen-bond donors (Lipinski definition) is 1. The van der Waals surface area contributed by atoms with Crippen molar-refractivity contribution in [2.45, 2.75) is 0 Å². The SMILES string of the molecule is O=C([O-])C[NH+]1CCN(C(=O)c2ccc(F)c(F)c2F)CC1. The smallest absolute Gasteiger partial charge is 0.257 e. The Morgan fingerprint density at radius 3 is 2.33 bits per heavy atom. The molecule has 1 aliphatic heterocycles. The van der Waals surface area contributed by atoms with E-state index < -0.39 is 34.9 Å². The number of carboxylic acids is 1. The van der Waals surface area contributed by atoms with Crippen molar-refractivity contribution >= 4 is 11.9 Å². The van der Waals surface area contributed by atoms with Crippen molar-refractivity contribution in [2.24, 2.45) is 0 Å². The minimum absolute atomic E-state index is 0.165. The van der Waals surface area contributed by atoms with Gasteiger partial charge >= 0.3 is 0 Å². The molecule has 1 aromatic carbocycles. The molecular weight excluding hydrogens is 289 g/mol. The molecule has 0 bridgehead atoms. The second-order valence-electron chi connectivity index (χ2n) is 4.81. The Bertz CT molecular complexity index is 572. The van der Waals surface area contributed by atoms with Crippen LogP contribution >= 0.6 is 0 Å². The van der Waals surface area contributed by atoms with Crippen LogP contribution in [0.3, 0.4) is 0 Å². The fourth-order valence-corrected chi connectivity index (χ4v) is 2.27. The average Bonchev–Trinajstić information content (AvgIpc) is 2.44. The molecule has 0 saturated carbocycles. The van der Waals surface area contributed by atoms with Crippen molar-refractivity contribution < 1.29 is 32.8 Å². The highest BCUT2D eigenvalue weighted by Gasteiger charge is 2.27. The molecule has 8 heteroatoms. The Labute approximate surface area is 118 Å². The zero-order valence-corrected chi connectivity index (χ0v) is 11.0. The number of hydrogen-bond acceptors (Lipinski definition) is 3. The van der Waals surface area contributed by atoms with E-state index in [1.165, 1.54) is 4.90 Å². The molecule has 21 heavy (non-hydrogen) atoms. The van der Waals surface area contributed by atoms with Crippen LogP contribution in [0.5, 0.6) is 0 Å². The minimum Gasteiger partial charge on any atom is -0.544 e. The molecule has 5 nitrogen and oxygen atoms in total. The zero-order valence-electron chi connectivity index (χ0n) is 11.0. The van der Waals surface area contributed by atoms with Crippen molar-refractivity contribution in [1.29, 1.82) is 0 Å². The third-order valence-electron chi connectivity index (χ3n) is 3.42. The van der Waals surface area contributed by atoms with Gasteiger partial charge < -0.3 is 19.7 Å². The summed E-state index contributed by atoms with van der Waals surface area (Å²) in [5.74, 6) is -6.46. The molecule has 1 N–H and O–H groups in total. The molecule has 1 heterocycles. The fraction of sp³-hybridized carbons (Fsp3) is 0.385. The topological polar surface area (TPSA) is 64.9 Å². The second kappa shape index (κ2) is 6.13. The number of carbonyl (C=O) groups excluding carboxylic acids is 2. The molecule has 0 radical (unpaired) electrons. The Morgan fingerprint density at radius 2 is 1.76 bits per heavy atom. The highest BCUT2D eigenvalue weighted by atomic mass is 19.2. The molecule has 1 saturated heterocycles. The monoisotopic (exact) mass is 302 g/mol. The number of nitrogens with zero attached hydrogens (tertiary/aromatic N) is 1. The number of piperazine rings is 1. The van der Waals surface area contributed by atoms with Gasteiger partial charge in [-0.15, -0.1) is 0 Å². The molecule has 0 aromatic heterocycles. The van der Waals surface area contributed by atoms with Crippen LogP contribution in [0.15, 0.2) is 12.1 Å². The lowest BCUT2D eigenvalue weighted by molar-refractivity contribution is -0.898. The van der Waals surface area contributed by atoms with Gasteiger partial charge in [-0.3, -0.25) is 4.79 Å². The van der Waals surface area contributed by atoms with Gasteiger partial charge in [0.25, 0.3) is 5.91 Å². The van der Waals surface area contributed by atoms with Crippen LogP contribution in [0.1, 0.15) is 10.4 Å². The van der Waals surface area contributed by atoms with Crippen LogP contribution < -0.4 is 10.0 Å². The number of aliphatic carboxylic acids is 1. The first-order valence-electron chi connectivity index (χ1n) is 6.36. The van der Waals surface area contributed by atoms with Crippen molar-refractivity contribution in [1.82, 2.24) is 4.90 Å². The van der Waals surface area contributed by atoms with Gasteiger partial charge in [-0.1, -0.05) is 0 Å². The number of benzene rings is 1. The zero-order chi connectivity index (χ0) is 15.6. The Kier molecular flexibility index (Phi) is 4.46. The van der Waals surface area contributed by atoms with Crippen molar-refractivity contribution in [3.05, 3.63) is 35.1 Å². The number of amides is 1. The maximum atomic E-state index is 13.6. The highest BCUT2D eigenvalue weighted by molar-refractivity contribution is 5.94. The first-order valence-corrected chi connectivity index (χ1v) is 6.36. The Hall–Kier alpha value is -2.09. The van der Waals surface area contributed by atoms with Crippen LogP contribution in [0.25, 0.3) is 0 Å². The van der Waals surface area contributed by atoms with Crippen LogP contribution in [0, 0.1) is 17.5 Å². The third kappa shape index (κ3) is 3.33. The largest absolute Gasteiger partial charge is 0.544 e. The lowest BCUT2D eigenvalue weighted by atomic mass is 10.1. The number of rotatable bonds is 3. The standard InChI is InChI=1S/C13H13F3N2O3/c14-9-2-1-8(11(15)12(9)16)13(21)18-5-3-17(4-6-18)7-10(19)20/h1-2H,3-7H2,(H,19,20). The van der Waals surface area contributed by atoms with Gasteiger partial charge in [0.2, 0.25) is 0 Å². The van der Waals surface area contributed by atoms with E-state index in [9.17, 15) is 27.9 Å². The number of quaternary nitrogens is 1. The summed E-state index contributed by atoms with van der Waals surface area (Å²) in [6, 6.07) is 1.60. The molecule has 0 spiro atoms. The molecule has 0 unspecified atom stereocenters. The van der Waals surface area contributed by atoms with Crippen molar-refractivity contribution in [3.8, 4) is 0 Å². The van der Waals surface area contributed by atoms with E-state index in [-0.39, 0.29) is 19.6 Å². The van der Waals surface area contributed by atoms with Gasteiger partial charge in [-0.25, -0.2) is 13.2 Å². The van der Waals surface area contributed by atoms with Crippen LogP contribution in [0.2, 0.25) is 0 Å². The molecular formula is C13H13F3N2O3. The van der Waals surface area contributed by atoms with Crippen molar-refractivity contribution in [2.75, 3.05) is 32.7 Å². The molecule has 0 atom stereocenters. The van der Waals surface area contributed by atoms with Gasteiger partial charge in [-0.2, -0.15) is 0 Å². The van der Waals surface area contributed by atoms with Gasteiger partial charge in [0.15, 0.2) is 17.5 Å². The lowest BCUT2D eigenvalue weighted by Gasteiger charge is -2.32. The number of carbonyl (C=O) groups is 2. The van der Waals surface area contributed by atoms with E-state index in [4.69, 9.17) is 0 Å². The molecule has 2 rings (SSSR count). The second-order valence-corrected chi connectivity index (χ2v) is 4.81. The Balaban J connectivity index is 2.06. The van der Waals surface area contributed by atoms with E-state index in [0.717, 1.165) is 11.0 Å². The summed E-state index contributed by atoms with van der Waals surface area (Å²) in [7, 11) is 0. The molecule has 1 fully saturated rings. The maximum Gasteiger partial charge on any atom is 0.257 e. The summed E-state index contributed by atoms with van der Waals surface area (Å²) in [6.07, 6.45) is 0. The maximum absolute atomic E-state index is 13.6.